The molecule has 0 amide bonds. The quantitative estimate of drug-likeness (QED) is 0.678. The summed E-state index contributed by atoms with van der Waals surface area (Å²) < 4.78 is 0. The van der Waals surface area contributed by atoms with E-state index in [1.54, 1.807) is 19.3 Å². The lowest BCUT2D eigenvalue weighted by Gasteiger charge is -1.96. The number of pyridine rings is 1. The Labute approximate surface area is 75.0 Å². The molecule has 0 saturated heterocycles. The van der Waals surface area contributed by atoms with Gasteiger partial charge in [-0.1, -0.05) is 0 Å². The van der Waals surface area contributed by atoms with Gasteiger partial charge in [-0.2, -0.15) is 0 Å². The van der Waals surface area contributed by atoms with Gasteiger partial charge >= 0.3 is 0 Å². The maximum Gasteiger partial charge on any atom is 0.166 e. The van der Waals surface area contributed by atoms with Gasteiger partial charge in [0.15, 0.2) is 6.29 Å². The van der Waals surface area contributed by atoms with E-state index in [-0.39, 0.29) is 0 Å². The molecule has 2 aromatic heterocycles. The fraction of sp³-hybridized carbons (Fsp3) is 0.111. The summed E-state index contributed by atoms with van der Waals surface area (Å²) in [7, 11) is 1.81. The summed E-state index contributed by atoms with van der Waals surface area (Å²) in [5.41, 5.74) is 1.45. The van der Waals surface area contributed by atoms with Crippen LogP contribution in [-0.2, 0) is 0 Å². The molecule has 0 aromatic carbocycles. The van der Waals surface area contributed by atoms with Crippen LogP contribution in [0.15, 0.2) is 18.3 Å². The molecule has 2 N–H and O–H groups in total. The molecular formula is C9H9N3O. The second-order valence-corrected chi connectivity index (χ2v) is 2.75. The van der Waals surface area contributed by atoms with Crippen LogP contribution < -0.4 is 5.32 Å². The molecule has 2 aromatic rings. The van der Waals surface area contributed by atoms with Crippen molar-refractivity contribution >= 4 is 23.0 Å². The summed E-state index contributed by atoms with van der Waals surface area (Å²) in [6, 6.07) is 3.68. The van der Waals surface area contributed by atoms with Crippen LogP contribution in [0, 0.1) is 0 Å². The molecule has 0 fully saturated rings. The lowest BCUT2D eigenvalue weighted by molar-refractivity contribution is 0.112. The summed E-state index contributed by atoms with van der Waals surface area (Å²) in [6.45, 7) is 0. The number of rotatable bonds is 2. The minimum absolute atomic E-state index is 0.574. The Morgan fingerprint density at radius 1 is 1.54 bits per heavy atom. The first-order chi connectivity index (χ1) is 6.33. The normalized spacial score (nSPS) is 10.2. The van der Waals surface area contributed by atoms with E-state index >= 15 is 0 Å². The van der Waals surface area contributed by atoms with Crippen molar-refractivity contribution in [2.45, 2.75) is 0 Å². The molecule has 0 spiro atoms. The first-order valence-electron chi connectivity index (χ1n) is 3.95. The Kier molecular flexibility index (Phi) is 1.73. The largest absolute Gasteiger partial charge is 0.373 e. The molecule has 0 saturated carbocycles. The fourth-order valence-corrected chi connectivity index (χ4v) is 1.25. The number of aldehydes is 1. The Morgan fingerprint density at radius 2 is 2.38 bits per heavy atom. The molecule has 0 aliphatic rings. The van der Waals surface area contributed by atoms with Gasteiger partial charge in [0.05, 0.1) is 17.4 Å². The second kappa shape index (κ2) is 2.90. The van der Waals surface area contributed by atoms with E-state index in [9.17, 15) is 4.79 Å². The molecule has 0 aliphatic heterocycles. The molecule has 0 atom stereocenters. The molecule has 0 radical (unpaired) electrons. The van der Waals surface area contributed by atoms with Gasteiger partial charge in [-0.15, -0.1) is 0 Å². The van der Waals surface area contributed by atoms with E-state index < -0.39 is 0 Å². The summed E-state index contributed by atoms with van der Waals surface area (Å²) in [5, 5.41) is 3.92. The van der Waals surface area contributed by atoms with Crippen LogP contribution in [0.3, 0.4) is 0 Å². The fourth-order valence-electron chi connectivity index (χ4n) is 1.25. The average molecular weight is 175 g/mol. The molecule has 0 unspecified atom stereocenters. The number of aromatic amines is 1. The van der Waals surface area contributed by atoms with Gasteiger partial charge in [-0.25, -0.2) is 4.98 Å². The first-order valence-corrected chi connectivity index (χ1v) is 3.95. The maximum absolute atomic E-state index is 10.5. The molecule has 4 nitrogen and oxygen atoms in total. The van der Waals surface area contributed by atoms with E-state index in [4.69, 9.17) is 0 Å². The standard InChI is InChI=1S/C9H9N3O/c1-10-9-3-6-2-7(5-13)12-8(6)4-11-9/h2-5,12H,1H3,(H,10,11). The van der Waals surface area contributed by atoms with Crippen molar-refractivity contribution in [2.24, 2.45) is 0 Å². The molecule has 0 aliphatic carbocycles. The predicted molar refractivity (Wildman–Crippen MR) is 51.0 cm³/mol. The Balaban J connectivity index is 2.63. The summed E-state index contributed by atoms with van der Waals surface area (Å²) in [6.07, 6.45) is 2.49. The molecule has 2 rings (SSSR count). The molecule has 2 heterocycles. The molecule has 66 valence electrons. The molecule has 0 bridgehead atoms. The summed E-state index contributed by atoms with van der Waals surface area (Å²) >= 11 is 0. The number of fused-ring (bicyclic) bond motifs is 1. The lowest BCUT2D eigenvalue weighted by atomic mass is 10.3. The highest BCUT2D eigenvalue weighted by molar-refractivity contribution is 5.88. The second-order valence-electron chi connectivity index (χ2n) is 2.75. The minimum atomic E-state index is 0.574. The highest BCUT2D eigenvalue weighted by Gasteiger charge is 2.00. The van der Waals surface area contributed by atoms with Crippen molar-refractivity contribution in [1.29, 1.82) is 0 Å². The first kappa shape index (κ1) is 7.79. The van der Waals surface area contributed by atoms with Crippen LogP contribution in [0.2, 0.25) is 0 Å². The zero-order chi connectivity index (χ0) is 9.26. The van der Waals surface area contributed by atoms with Crippen molar-refractivity contribution in [3.05, 3.63) is 24.0 Å². The van der Waals surface area contributed by atoms with Crippen molar-refractivity contribution in [1.82, 2.24) is 9.97 Å². The van der Waals surface area contributed by atoms with Crippen molar-refractivity contribution in [3.63, 3.8) is 0 Å². The van der Waals surface area contributed by atoms with E-state index in [0.29, 0.717) is 5.69 Å². The Hall–Kier alpha value is -1.84. The Bertz CT molecular complexity index is 447. The number of carbonyl (C=O) groups excluding carboxylic acids is 1. The SMILES string of the molecule is CNc1cc2cc(C=O)[nH]c2cn1. The molecule has 13 heavy (non-hydrogen) atoms. The number of anilines is 1. The van der Waals surface area contributed by atoms with Crippen LogP contribution in [0.25, 0.3) is 10.9 Å². The Morgan fingerprint density at radius 3 is 3.08 bits per heavy atom. The van der Waals surface area contributed by atoms with Gasteiger partial charge in [0.1, 0.15) is 5.82 Å². The van der Waals surface area contributed by atoms with Gasteiger partial charge in [-0.3, -0.25) is 4.79 Å². The lowest BCUT2D eigenvalue weighted by Crippen LogP contribution is -1.90. The third kappa shape index (κ3) is 1.26. The highest BCUT2D eigenvalue weighted by atomic mass is 16.1. The van der Waals surface area contributed by atoms with Gasteiger partial charge in [0.2, 0.25) is 0 Å². The minimum Gasteiger partial charge on any atom is -0.373 e. The van der Waals surface area contributed by atoms with E-state index in [2.05, 4.69) is 15.3 Å². The number of hydrogen-bond donors (Lipinski definition) is 2. The zero-order valence-electron chi connectivity index (χ0n) is 7.16. The van der Waals surface area contributed by atoms with Gasteiger partial charge in [0.25, 0.3) is 0 Å². The number of carbonyl (C=O) groups is 1. The van der Waals surface area contributed by atoms with E-state index in [1.165, 1.54) is 0 Å². The number of nitrogens with one attached hydrogen (secondary N) is 2. The van der Waals surface area contributed by atoms with E-state index in [1.807, 2.05) is 6.07 Å². The van der Waals surface area contributed by atoms with Crippen LogP contribution in [-0.4, -0.2) is 23.3 Å². The van der Waals surface area contributed by atoms with Crippen molar-refractivity contribution in [3.8, 4) is 0 Å². The van der Waals surface area contributed by atoms with Crippen LogP contribution in [0.4, 0.5) is 5.82 Å². The third-order valence-corrected chi connectivity index (χ3v) is 1.91. The molecular weight excluding hydrogens is 166 g/mol. The third-order valence-electron chi connectivity index (χ3n) is 1.91. The van der Waals surface area contributed by atoms with Crippen molar-refractivity contribution in [2.75, 3.05) is 12.4 Å². The van der Waals surface area contributed by atoms with Gasteiger partial charge < -0.3 is 10.3 Å². The van der Waals surface area contributed by atoms with Crippen LogP contribution in [0.1, 0.15) is 10.5 Å². The highest BCUT2D eigenvalue weighted by Crippen LogP contribution is 2.16. The van der Waals surface area contributed by atoms with Gasteiger partial charge in [0, 0.05) is 12.4 Å². The number of aromatic nitrogens is 2. The van der Waals surface area contributed by atoms with Crippen molar-refractivity contribution < 1.29 is 4.79 Å². The summed E-state index contributed by atoms with van der Waals surface area (Å²) in [4.78, 5) is 17.5. The zero-order valence-corrected chi connectivity index (χ0v) is 7.16. The topological polar surface area (TPSA) is 57.8 Å². The number of H-pyrrole nitrogens is 1. The maximum atomic E-state index is 10.5. The average Bonchev–Trinajstić information content (AvgIpc) is 2.58. The predicted octanol–water partition coefficient (Wildman–Crippen LogP) is 1.42. The van der Waals surface area contributed by atoms with Crippen LogP contribution >= 0.6 is 0 Å². The number of nitrogens with zero attached hydrogens (tertiary/aromatic N) is 1. The molecule has 4 heteroatoms. The summed E-state index contributed by atoms with van der Waals surface area (Å²) in [5.74, 6) is 0.795. The van der Waals surface area contributed by atoms with E-state index in [0.717, 1.165) is 23.0 Å². The monoisotopic (exact) mass is 175 g/mol. The smallest absolute Gasteiger partial charge is 0.166 e. The van der Waals surface area contributed by atoms with Gasteiger partial charge in [-0.05, 0) is 12.1 Å². The number of hydrogen-bond acceptors (Lipinski definition) is 3. The van der Waals surface area contributed by atoms with Crippen LogP contribution in [0.5, 0.6) is 0 Å².